The van der Waals surface area contributed by atoms with Crippen LogP contribution < -0.4 is 10.5 Å². The molecule has 0 bridgehead atoms. The first-order chi connectivity index (χ1) is 9.10. The monoisotopic (exact) mass is 275 g/mol. The van der Waals surface area contributed by atoms with Gasteiger partial charge in [-0.1, -0.05) is 24.6 Å². The minimum atomic E-state index is -0.00978. The highest BCUT2D eigenvalue weighted by Crippen LogP contribution is 2.27. The zero-order valence-corrected chi connectivity index (χ0v) is 12.6. The van der Waals surface area contributed by atoms with Crippen LogP contribution in [0, 0.1) is 6.92 Å². The number of aryl methyl sites for hydroxylation is 2. The second-order valence-corrected chi connectivity index (χ2v) is 6.09. The Hall–Kier alpha value is -1.32. The van der Waals surface area contributed by atoms with Gasteiger partial charge in [-0.15, -0.1) is 11.3 Å². The highest BCUT2D eigenvalue weighted by atomic mass is 32.1. The summed E-state index contributed by atoms with van der Waals surface area (Å²) in [6.45, 7) is 6.85. The molecular formula is C16H21NOS. The summed E-state index contributed by atoms with van der Waals surface area (Å²) in [5, 5.41) is 0. The third-order valence-corrected chi connectivity index (χ3v) is 4.29. The first-order valence-electron chi connectivity index (χ1n) is 6.66. The second kappa shape index (κ2) is 6.22. The lowest BCUT2D eigenvalue weighted by Crippen LogP contribution is -2.08. The van der Waals surface area contributed by atoms with Gasteiger partial charge in [0.15, 0.2) is 0 Å². The summed E-state index contributed by atoms with van der Waals surface area (Å²) in [5.74, 6) is 0.895. The summed E-state index contributed by atoms with van der Waals surface area (Å²) >= 11 is 1.81. The Morgan fingerprint density at radius 1 is 1.21 bits per heavy atom. The Bertz CT molecular complexity index is 545. The van der Waals surface area contributed by atoms with Gasteiger partial charge in [0.2, 0.25) is 0 Å². The molecule has 0 radical (unpaired) electrons. The third kappa shape index (κ3) is 3.58. The topological polar surface area (TPSA) is 35.2 Å². The van der Waals surface area contributed by atoms with E-state index in [9.17, 15) is 0 Å². The van der Waals surface area contributed by atoms with Gasteiger partial charge in [0.1, 0.15) is 12.4 Å². The molecule has 1 aromatic heterocycles. The van der Waals surface area contributed by atoms with Gasteiger partial charge in [0, 0.05) is 21.4 Å². The fraction of sp³-hybridized carbons (Fsp3) is 0.375. The van der Waals surface area contributed by atoms with Crippen molar-refractivity contribution in [2.24, 2.45) is 5.73 Å². The van der Waals surface area contributed by atoms with E-state index in [2.05, 4.69) is 38.1 Å². The SMILES string of the molecule is CCc1ccc(COc2ccc(C)cc2C(C)N)s1. The van der Waals surface area contributed by atoms with Gasteiger partial charge in [-0.05, 0) is 38.5 Å². The summed E-state index contributed by atoms with van der Waals surface area (Å²) in [4.78, 5) is 2.66. The quantitative estimate of drug-likeness (QED) is 0.886. The minimum absolute atomic E-state index is 0.00978. The molecule has 1 heterocycles. The standard InChI is InChI=1S/C16H21NOS/c1-4-13-6-7-14(19-13)10-18-16-8-5-11(2)9-15(16)12(3)17/h5-9,12H,4,10,17H2,1-3H3. The van der Waals surface area contributed by atoms with Crippen LogP contribution in [0.1, 0.15) is 40.8 Å². The van der Waals surface area contributed by atoms with Crippen LogP contribution in [0.2, 0.25) is 0 Å². The Morgan fingerprint density at radius 2 is 1.95 bits per heavy atom. The van der Waals surface area contributed by atoms with Crippen molar-refractivity contribution in [1.82, 2.24) is 0 Å². The van der Waals surface area contributed by atoms with Crippen molar-refractivity contribution in [3.8, 4) is 5.75 Å². The average Bonchev–Trinajstić information content (AvgIpc) is 2.85. The fourth-order valence-corrected chi connectivity index (χ4v) is 2.87. The molecule has 0 aliphatic rings. The lowest BCUT2D eigenvalue weighted by Gasteiger charge is -2.14. The number of hydrogen-bond acceptors (Lipinski definition) is 3. The van der Waals surface area contributed by atoms with Crippen LogP contribution in [0.25, 0.3) is 0 Å². The summed E-state index contributed by atoms with van der Waals surface area (Å²) in [6.07, 6.45) is 1.08. The molecule has 1 aromatic carbocycles. The fourth-order valence-electron chi connectivity index (χ4n) is 1.99. The van der Waals surface area contributed by atoms with E-state index in [0.717, 1.165) is 17.7 Å². The van der Waals surface area contributed by atoms with E-state index in [0.29, 0.717) is 6.61 Å². The van der Waals surface area contributed by atoms with Crippen molar-refractivity contribution in [1.29, 1.82) is 0 Å². The predicted molar refractivity (Wildman–Crippen MR) is 81.8 cm³/mol. The second-order valence-electron chi connectivity index (χ2n) is 4.84. The van der Waals surface area contributed by atoms with Gasteiger partial charge >= 0.3 is 0 Å². The summed E-state index contributed by atoms with van der Waals surface area (Å²) in [6, 6.07) is 10.5. The summed E-state index contributed by atoms with van der Waals surface area (Å²) in [7, 11) is 0. The third-order valence-electron chi connectivity index (χ3n) is 3.09. The maximum Gasteiger partial charge on any atom is 0.124 e. The first-order valence-corrected chi connectivity index (χ1v) is 7.48. The lowest BCUT2D eigenvalue weighted by atomic mass is 10.1. The molecule has 19 heavy (non-hydrogen) atoms. The van der Waals surface area contributed by atoms with Crippen molar-refractivity contribution < 1.29 is 4.74 Å². The van der Waals surface area contributed by atoms with Crippen LogP contribution in [0.5, 0.6) is 5.75 Å². The first kappa shape index (κ1) is 14.1. The van der Waals surface area contributed by atoms with Gasteiger partial charge in [-0.3, -0.25) is 0 Å². The number of ether oxygens (including phenoxy) is 1. The van der Waals surface area contributed by atoms with E-state index in [-0.39, 0.29) is 6.04 Å². The lowest BCUT2D eigenvalue weighted by molar-refractivity contribution is 0.305. The normalized spacial score (nSPS) is 12.4. The highest BCUT2D eigenvalue weighted by Gasteiger charge is 2.09. The Kier molecular flexibility index (Phi) is 4.61. The van der Waals surface area contributed by atoms with E-state index in [1.807, 2.05) is 24.3 Å². The van der Waals surface area contributed by atoms with E-state index < -0.39 is 0 Å². The van der Waals surface area contributed by atoms with Crippen molar-refractivity contribution in [2.45, 2.75) is 39.8 Å². The number of benzene rings is 1. The van der Waals surface area contributed by atoms with E-state index in [1.54, 1.807) is 0 Å². The molecule has 102 valence electrons. The zero-order chi connectivity index (χ0) is 13.8. The van der Waals surface area contributed by atoms with Crippen LogP contribution in [-0.2, 0) is 13.0 Å². The predicted octanol–water partition coefficient (Wildman–Crippen LogP) is 4.22. The Balaban J connectivity index is 2.10. The van der Waals surface area contributed by atoms with Gasteiger partial charge in [-0.25, -0.2) is 0 Å². The molecule has 0 saturated heterocycles. The smallest absolute Gasteiger partial charge is 0.124 e. The molecule has 2 aromatic rings. The van der Waals surface area contributed by atoms with E-state index in [1.165, 1.54) is 15.3 Å². The van der Waals surface area contributed by atoms with Crippen molar-refractivity contribution in [3.05, 3.63) is 51.2 Å². The number of rotatable bonds is 5. The molecule has 0 saturated carbocycles. The van der Waals surface area contributed by atoms with E-state index in [4.69, 9.17) is 10.5 Å². The molecule has 2 N–H and O–H groups in total. The molecule has 1 atom stereocenters. The maximum absolute atomic E-state index is 6.00. The molecule has 0 spiro atoms. The number of nitrogens with two attached hydrogens (primary N) is 1. The highest BCUT2D eigenvalue weighted by molar-refractivity contribution is 7.11. The molecule has 3 heteroatoms. The van der Waals surface area contributed by atoms with Crippen molar-refractivity contribution >= 4 is 11.3 Å². The van der Waals surface area contributed by atoms with Crippen LogP contribution in [-0.4, -0.2) is 0 Å². The molecule has 2 rings (SSSR count). The van der Waals surface area contributed by atoms with Crippen molar-refractivity contribution in [2.75, 3.05) is 0 Å². The number of thiophene rings is 1. The molecule has 0 amide bonds. The van der Waals surface area contributed by atoms with Gasteiger partial charge in [-0.2, -0.15) is 0 Å². The van der Waals surface area contributed by atoms with Gasteiger partial charge in [0.25, 0.3) is 0 Å². The maximum atomic E-state index is 6.00. The molecule has 1 unspecified atom stereocenters. The van der Waals surface area contributed by atoms with Crippen LogP contribution >= 0.6 is 11.3 Å². The number of hydrogen-bond donors (Lipinski definition) is 1. The van der Waals surface area contributed by atoms with E-state index >= 15 is 0 Å². The molecular weight excluding hydrogens is 254 g/mol. The molecule has 0 fully saturated rings. The summed E-state index contributed by atoms with van der Waals surface area (Å²) in [5.41, 5.74) is 8.29. The molecule has 0 aliphatic carbocycles. The van der Waals surface area contributed by atoms with Gasteiger partial charge in [0.05, 0.1) is 0 Å². The minimum Gasteiger partial charge on any atom is -0.488 e. The summed E-state index contributed by atoms with van der Waals surface area (Å²) < 4.78 is 5.93. The largest absolute Gasteiger partial charge is 0.488 e. The molecule has 0 aliphatic heterocycles. The van der Waals surface area contributed by atoms with Gasteiger partial charge < -0.3 is 10.5 Å². The average molecular weight is 275 g/mol. The van der Waals surface area contributed by atoms with Crippen molar-refractivity contribution in [3.63, 3.8) is 0 Å². The van der Waals surface area contributed by atoms with Crippen LogP contribution in [0.15, 0.2) is 30.3 Å². The zero-order valence-electron chi connectivity index (χ0n) is 11.8. The molecule has 2 nitrogen and oxygen atoms in total. The Morgan fingerprint density at radius 3 is 2.58 bits per heavy atom. The van der Waals surface area contributed by atoms with Crippen LogP contribution in [0.4, 0.5) is 0 Å². The van der Waals surface area contributed by atoms with Crippen LogP contribution in [0.3, 0.4) is 0 Å². The Labute approximate surface area is 119 Å².